The van der Waals surface area contributed by atoms with Gasteiger partial charge in [0.25, 0.3) is 5.91 Å². The van der Waals surface area contributed by atoms with Gasteiger partial charge in [-0.1, -0.05) is 6.07 Å². The van der Waals surface area contributed by atoms with Crippen molar-refractivity contribution in [1.82, 2.24) is 15.2 Å². The number of Topliss-reactive ketones (excluding diaryl/α,β-unsaturated/α-hetero) is 1. The smallest absolute Gasteiger partial charge is 0.263 e. The van der Waals surface area contributed by atoms with Gasteiger partial charge in [0.1, 0.15) is 0 Å². The molecule has 22 heavy (non-hydrogen) atoms. The molecule has 120 valence electrons. The number of ketones is 1. The Morgan fingerprint density at radius 2 is 2.18 bits per heavy atom. The summed E-state index contributed by atoms with van der Waals surface area (Å²) >= 11 is 1.38. The van der Waals surface area contributed by atoms with Crippen LogP contribution in [0.15, 0.2) is 29.3 Å². The van der Waals surface area contributed by atoms with Crippen LogP contribution >= 0.6 is 11.3 Å². The van der Waals surface area contributed by atoms with Gasteiger partial charge in [0, 0.05) is 18.3 Å². The van der Waals surface area contributed by atoms with Crippen molar-refractivity contribution in [3.63, 3.8) is 0 Å². The summed E-state index contributed by atoms with van der Waals surface area (Å²) in [5, 5.41) is 1.84. The molecule has 0 radical (unpaired) electrons. The van der Waals surface area contributed by atoms with E-state index in [4.69, 9.17) is 0 Å². The first-order chi connectivity index (χ1) is 10.3. The molecule has 0 saturated heterocycles. The highest BCUT2D eigenvalue weighted by molar-refractivity contribution is 7.88. The number of hydrazine groups is 1. The molecule has 0 fully saturated rings. The fourth-order valence-electron chi connectivity index (χ4n) is 2.04. The standard InChI is InChI=1S/C13H17N3O4S2/c1-22(19,20)15-14-13(18)10-4-2-6-16(8-10)9-11(17)12-5-3-7-21-12/h3,5,7-8,15H,2,4,6,9H2,1H3,(H,14,18). The van der Waals surface area contributed by atoms with Gasteiger partial charge >= 0.3 is 0 Å². The molecule has 2 heterocycles. The Hall–Kier alpha value is -1.71. The minimum atomic E-state index is -3.50. The van der Waals surface area contributed by atoms with Crippen LogP contribution in [0.5, 0.6) is 0 Å². The highest BCUT2D eigenvalue weighted by atomic mass is 32.2. The van der Waals surface area contributed by atoms with Crippen LogP contribution in [-0.4, -0.2) is 44.4 Å². The monoisotopic (exact) mass is 343 g/mol. The SMILES string of the molecule is CS(=O)(=O)NNC(=O)C1=CN(CC(=O)c2cccs2)CCC1. The number of hydrogen-bond donors (Lipinski definition) is 2. The highest BCUT2D eigenvalue weighted by Gasteiger charge is 2.19. The Morgan fingerprint density at radius 1 is 1.41 bits per heavy atom. The molecule has 0 bridgehead atoms. The van der Waals surface area contributed by atoms with Crippen LogP contribution in [-0.2, 0) is 14.8 Å². The molecule has 0 unspecified atom stereocenters. The van der Waals surface area contributed by atoms with E-state index in [-0.39, 0.29) is 12.3 Å². The lowest BCUT2D eigenvalue weighted by molar-refractivity contribution is -0.118. The fourth-order valence-corrected chi connectivity index (χ4v) is 2.97. The first-order valence-corrected chi connectivity index (χ1v) is 9.41. The van der Waals surface area contributed by atoms with Gasteiger partial charge in [0.2, 0.25) is 10.0 Å². The van der Waals surface area contributed by atoms with E-state index in [1.807, 2.05) is 16.3 Å². The topological polar surface area (TPSA) is 95.6 Å². The number of hydrogen-bond acceptors (Lipinski definition) is 6. The second-order valence-electron chi connectivity index (χ2n) is 4.96. The Balaban J connectivity index is 1.96. The largest absolute Gasteiger partial charge is 0.369 e. The summed E-state index contributed by atoms with van der Waals surface area (Å²) in [6.45, 7) is 0.893. The van der Waals surface area contributed by atoms with Gasteiger partial charge < -0.3 is 4.90 Å². The third-order valence-electron chi connectivity index (χ3n) is 3.01. The van der Waals surface area contributed by atoms with Crippen molar-refractivity contribution in [3.8, 4) is 0 Å². The van der Waals surface area contributed by atoms with Gasteiger partial charge in [-0.25, -0.2) is 8.42 Å². The molecule has 0 atom stereocenters. The Labute approximate surface area is 133 Å². The number of nitrogens with one attached hydrogen (secondary N) is 2. The van der Waals surface area contributed by atoms with Crippen molar-refractivity contribution >= 4 is 33.1 Å². The number of amides is 1. The third-order valence-corrected chi connectivity index (χ3v) is 4.40. The minimum Gasteiger partial charge on any atom is -0.369 e. The van der Waals surface area contributed by atoms with Crippen LogP contribution in [0.25, 0.3) is 0 Å². The van der Waals surface area contributed by atoms with Crippen molar-refractivity contribution < 1.29 is 18.0 Å². The number of nitrogens with zero attached hydrogens (tertiary/aromatic N) is 1. The van der Waals surface area contributed by atoms with Gasteiger partial charge in [-0.15, -0.1) is 16.2 Å². The zero-order valence-electron chi connectivity index (χ0n) is 12.0. The molecule has 0 spiro atoms. The number of rotatable bonds is 6. The molecule has 7 nitrogen and oxygen atoms in total. The average Bonchev–Trinajstić information content (AvgIpc) is 2.98. The lowest BCUT2D eigenvalue weighted by Gasteiger charge is -2.25. The molecule has 1 aliphatic rings. The average molecular weight is 343 g/mol. The predicted molar refractivity (Wildman–Crippen MR) is 83.7 cm³/mol. The van der Waals surface area contributed by atoms with Crippen LogP contribution in [0.4, 0.5) is 0 Å². The van der Waals surface area contributed by atoms with E-state index >= 15 is 0 Å². The first kappa shape index (κ1) is 16.7. The summed E-state index contributed by atoms with van der Waals surface area (Å²) in [6.07, 6.45) is 3.85. The fraction of sp³-hybridized carbons (Fsp3) is 0.385. The van der Waals surface area contributed by atoms with Crippen molar-refractivity contribution in [3.05, 3.63) is 34.2 Å². The molecule has 1 aliphatic heterocycles. The molecule has 1 aromatic heterocycles. The molecule has 0 aromatic carbocycles. The van der Waals surface area contributed by atoms with E-state index in [9.17, 15) is 18.0 Å². The maximum atomic E-state index is 12.1. The van der Waals surface area contributed by atoms with E-state index in [0.29, 0.717) is 23.4 Å². The van der Waals surface area contributed by atoms with Crippen molar-refractivity contribution in [2.45, 2.75) is 12.8 Å². The molecular formula is C13H17N3O4S2. The lowest BCUT2D eigenvalue weighted by Crippen LogP contribution is -2.42. The van der Waals surface area contributed by atoms with E-state index < -0.39 is 15.9 Å². The number of sulfonamides is 1. The number of carbonyl (C=O) groups excluding carboxylic acids is 2. The molecule has 1 aromatic rings. The maximum Gasteiger partial charge on any atom is 0.263 e. The summed E-state index contributed by atoms with van der Waals surface area (Å²) in [5.74, 6) is -0.499. The van der Waals surface area contributed by atoms with Gasteiger partial charge in [-0.2, -0.15) is 0 Å². The van der Waals surface area contributed by atoms with E-state index in [1.54, 1.807) is 17.2 Å². The van der Waals surface area contributed by atoms with Crippen LogP contribution in [0.2, 0.25) is 0 Å². The number of thiophene rings is 1. The minimum absolute atomic E-state index is 0.00201. The Kier molecular flexibility index (Phi) is 5.33. The summed E-state index contributed by atoms with van der Waals surface area (Å²) in [5.41, 5.74) is 2.58. The number of carbonyl (C=O) groups is 2. The summed E-state index contributed by atoms with van der Waals surface area (Å²) in [7, 11) is -3.50. The van der Waals surface area contributed by atoms with Crippen LogP contribution in [0.1, 0.15) is 22.5 Å². The molecule has 2 N–H and O–H groups in total. The quantitative estimate of drug-likeness (QED) is 0.579. The van der Waals surface area contributed by atoms with Crippen molar-refractivity contribution in [2.24, 2.45) is 0 Å². The Bertz CT molecular complexity index is 680. The van der Waals surface area contributed by atoms with Crippen LogP contribution < -0.4 is 10.3 Å². The molecule has 9 heteroatoms. The maximum absolute atomic E-state index is 12.1. The zero-order chi connectivity index (χ0) is 16.2. The van der Waals surface area contributed by atoms with Gasteiger partial charge in [0.05, 0.1) is 17.7 Å². The Morgan fingerprint density at radius 3 is 2.82 bits per heavy atom. The van der Waals surface area contributed by atoms with Crippen molar-refractivity contribution in [1.29, 1.82) is 0 Å². The lowest BCUT2D eigenvalue weighted by atomic mass is 10.1. The molecule has 2 rings (SSSR count). The summed E-state index contributed by atoms with van der Waals surface area (Å²) < 4.78 is 21.9. The van der Waals surface area contributed by atoms with E-state index in [1.165, 1.54) is 11.3 Å². The molecule has 1 amide bonds. The van der Waals surface area contributed by atoms with E-state index in [2.05, 4.69) is 5.43 Å². The van der Waals surface area contributed by atoms with Crippen LogP contribution in [0.3, 0.4) is 0 Å². The second-order valence-corrected chi connectivity index (χ2v) is 7.65. The third kappa shape index (κ3) is 4.93. The van der Waals surface area contributed by atoms with Gasteiger partial charge in [-0.05, 0) is 24.3 Å². The van der Waals surface area contributed by atoms with Crippen LogP contribution in [0, 0.1) is 0 Å². The van der Waals surface area contributed by atoms with E-state index in [0.717, 1.165) is 12.7 Å². The molecular weight excluding hydrogens is 326 g/mol. The normalized spacial score (nSPS) is 15.3. The van der Waals surface area contributed by atoms with Crippen molar-refractivity contribution in [2.75, 3.05) is 19.3 Å². The predicted octanol–water partition coefficient (Wildman–Crippen LogP) is 0.491. The second kappa shape index (κ2) is 7.03. The van der Waals surface area contributed by atoms with Gasteiger partial charge in [-0.3, -0.25) is 15.0 Å². The molecule has 0 saturated carbocycles. The van der Waals surface area contributed by atoms with Gasteiger partial charge in [0.15, 0.2) is 5.78 Å². The summed E-state index contributed by atoms with van der Waals surface area (Å²) in [4.78, 5) is 28.4. The molecule has 0 aliphatic carbocycles. The first-order valence-electron chi connectivity index (χ1n) is 6.64. The highest BCUT2D eigenvalue weighted by Crippen LogP contribution is 2.16. The summed E-state index contributed by atoms with van der Waals surface area (Å²) in [6, 6.07) is 3.59. The zero-order valence-corrected chi connectivity index (χ0v) is 13.7.